The summed E-state index contributed by atoms with van der Waals surface area (Å²) in [6, 6.07) is -0.107. The minimum Gasteiger partial charge on any atom is -0.462 e. The lowest BCUT2D eigenvalue weighted by molar-refractivity contribution is -0.123. The number of nitrogens with zero attached hydrogens (tertiary/aromatic N) is 3. The summed E-state index contributed by atoms with van der Waals surface area (Å²) in [5.41, 5.74) is 0.305. The number of allylic oxidation sites excluding steroid dienone is 1. The highest BCUT2D eigenvalue weighted by Crippen LogP contribution is 2.32. The first-order valence-electron chi connectivity index (χ1n) is 10.8. The first-order chi connectivity index (χ1) is 13.5. The number of esters is 1. The summed E-state index contributed by atoms with van der Waals surface area (Å²) in [6.45, 7) is 14.5. The predicted molar refractivity (Wildman–Crippen MR) is 117 cm³/mol. The van der Waals surface area contributed by atoms with Gasteiger partial charge in [0.15, 0.2) is 5.82 Å². The molecule has 0 atom stereocenters. The monoisotopic (exact) mass is 403 g/mol. The van der Waals surface area contributed by atoms with Gasteiger partial charge >= 0.3 is 5.97 Å². The SMILES string of the molecule is CCOC(=O)c1cn(C=CC(C)(C)C)nc1N(C(=O)[C@H]1CC[C@H](C)CC1)C(C)C. The van der Waals surface area contributed by atoms with Gasteiger partial charge in [-0.25, -0.2) is 9.48 Å². The highest BCUT2D eigenvalue weighted by atomic mass is 16.5. The molecular weight excluding hydrogens is 366 g/mol. The molecule has 0 radical (unpaired) electrons. The van der Waals surface area contributed by atoms with Crippen molar-refractivity contribution in [2.45, 2.75) is 80.2 Å². The minimum absolute atomic E-state index is 0.0149. The van der Waals surface area contributed by atoms with Crippen LogP contribution in [0.4, 0.5) is 5.82 Å². The fourth-order valence-electron chi connectivity index (χ4n) is 3.60. The fraction of sp³-hybridized carbons (Fsp3) is 0.696. The van der Waals surface area contributed by atoms with Crippen LogP contribution in [-0.4, -0.2) is 34.3 Å². The lowest BCUT2D eigenvalue weighted by Crippen LogP contribution is -2.43. The number of rotatable bonds is 6. The molecule has 1 amide bonds. The molecule has 1 aromatic heterocycles. The Bertz CT molecular complexity index is 735. The molecule has 0 spiro atoms. The summed E-state index contributed by atoms with van der Waals surface area (Å²) in [5.74, 6) is 0.652. The van der Waals surface area contributed by atoms with Crippen LogP contribution in [0.2, 0.25) is 0 Å². The third-order valence-electron chi connectivity index (χ3n) is 5.28. The first kappa shape index (κ1) is 23.2. The van der Waals surface area contributed by atoms with Gasteiger partial charge in [-0.1, -0.05) is 33.8 Å². The number of amides is 1. The van der Waals surface area contributed by atoms with E-state index in [4.69, 9.17) is 4.74 Å². The zero-order valence-corrected chi connectivity index (χ0v) is 19.1. The van der Waals surface area contributed by atoms with Crippen molar-refractivity contribution in [3.8, 4) is 0 Å². The number of hydrogen-bond acceptors (Lipinski definition) is 4. The lowest BCUT2D eigenvalue weighted by Gasteiger charge is -2.32. The molecule has 0 aliphatic heterocycles. The lowest BCUT2D eigenvalue weighted by atomic mass is 9.82. The Labute approximate surface area is 175 Å². The Morgan fingerprint density at radius 1 is 1.28 bits per heavy atom. The molecule has 1 aliphatic rings. The van der Waals surface area contributed by atoms with Gasteiger partial charge in [-0.15, -0.1) is 5.10 Å². The van der Waals surface area contributed by atoms with Crippen LogP contribution in [0.15, 0.2) is 12.3 Å². The van der Waals surface area contributed by atoms with E-state index in [2.05, 4.69) is 32.8 Å². The molecule has 2 rings (SSSR count). The normalized spacial score (nSPS) is 20.3. The second-order valence-electron chi connectivity index (χ2n) is 9.51. The van der Waals surface area contributed by atoms with E-state index in [1.807, 2.05) is 26.1 Å². The Morgan fingerprint density at radius 3 is 2.41 bits per heavy atom. The molecule has 0 bridgehead atoms. The molecule has 1 aliphatic carbocycles. The van der Waals surface area contributed by atoms with E-state index >= 15 is 0 Å². The third-order valence-corrected chi connectivity index (χ3v) is 5.28. The van der Waals surface area contributed by atoms with Crippen molar-refractivity contribution < 1.29 is 14.3 Å². The molecule has 162 valence electrons. The maximum absolute atomic E-state index is 13.4. The summed E-state index contributed by atoms with van der Waals surface area (Å²) < 4.78 is 6.85. The van der Waals surface area contributed by atoms with Crippen molar-refractivity contribution in [2.75, 3.05) is 11.5 Å². The van der Waals surface area contributed by atoms with Gasteiger partial charge < -0.3 is 4.74 Å². The van der Waals surface area contributed by atoms with E-state index in [1.165, 1.54) is 0 Å². The van der Waals surface area contributed by atoms with Gasteiger partial charge in [0.2, 0.25) is 5.91 Å². The van der Waals surface area contributed by atoms with Gasteiger partial charge in [-0.05, 0) is 57.8 Å². The van der Waals surface area contributed by atoms with Crippen LogP contribution in [0, 0.1) is 17.3 Å². The topological polar surface area (TPSA) is 64.4 Å². The highest BCUT2D eigenvalue weighted by Gasteiger charge is 2.34. The van der Waals surface area contributed by atoms with E-state index in [1.54, 1.807) is 22.7 Å². The minimum atomic E-state index is -0.450. The molecular formula is C23H37N3O3. The van der Waals surface area contributed by atoms with E-state index in [0.717, 1.165) is 25.7 Å². The molecule has 0 aromatic carbocycles. The van der Waals surface area contributed by atoms with E-state index < -0.39 is 5.97 Å². The van der Waals surface area contributed by atoms with Crippen molar-refractivity contribution in [1.82, 2.24) is 9.78 Å². The standard InChI is InChI=1S/C23H37N3O3/c1-8-29-22(28)19-15-25(14-13-23(5,6)7)24-20(19)26(16(2)3)21(27)18-11-9-17(4)10-12-18/h13-18H,8-12H2,1-7H3/t17-,18-. The number of carbonyl (C=O) groups excluding carboxylic acids is 2. The molecule has 1 aromatic rings. The second kappa shape index (κ2) is 9.59. The molecule has 1 saturated carbocycles. The molecule has 0 saturated heterocycles. The summed E-state index contributed by atoms with van der Waals surface area (Å²) >= 11 is 0. The number of aromatic nitrogens is 2. The Morgan fingerprint density at radius 2 is 1.90 bits per heavy atom. The van der Waals surface area contributed by atoms with E-state index in [9.17, 15) is 9.59 Å². The summed E-state index contributed by atoms with van der Waals surface area (Å²) in [5, 5.41) is 4.60. The van der Waals surface area contributed by atoms with Crippen LogP contribution in [0.3, 0.4) is 0 Å². The van der Waals surface area contributed by atoms with Crippen LogP contribution >= 0.6 is 0 Å². The highest BCUT2D eigenvalue weighted by molar-refractivity contribution is 6.02. The third kappa shape index (κ3) is 6.18. The number of anilines is 1. The van der Waals surface area contributed by atoms with Gasteiger partial charge in [-0.3, -0.25) is 9.69 Å². The van der Waals surface area contributed by atoms with Crippen LogP contribution in [0.1, 0.15) is 84.5 Å². The zero-order chi connectivity index (χ0) is 21.8. The number of ether oxygens (including phenoxy) is 1. The van der Waals surface area contributed by atoms with Crippen molar-refractivity contribution >= 4 is 23.9 Å². The van der Waals surface area contributed by atoms with Crippen molar-refractivity contribution in [3.63, 3.8) is 0 Å². The maximum Gasteiger partial charge on any atom is 0.343 e. The van der Waals surface area contributed by atoms with Gasteiger partial charge in [0.25, 0.3) is 0 Å². The van der Waals surface area contributed by atoms with Gasteiger partial charge in [-0.2, -0.15) is 0 Å². The number of hydrogen-bond donors (Lipinski definition) is 0. The van der Waals surface area contributed by atoms with E-state index in [0.29, 0.717) is 17.3 Å². The van der Waals surface area contributed by atoms with Gasteiger partial charge in [0.1, 0.15) is 5.56 Å². The van der Waals surface area contributed by atoms with Crippen LogP contribution in [0.25, 0.3) is 6.20 Å². The Hall–Kier alpha value is -2.11. The molecule has 0 N–H and O–H groups in total. The smallest absolute Gasteiger partial charge is 0.343 e. The van der Waals surface area contributed by atoms with Crippen LogP contribution < -0.4 is 4.90 Å². The Kier molecular flexibility index (Phi) is 7.66. The predicted octanol–water partition coefficient (Wildman–Crippen LogP) is 5.14. The molecule has 6 heteroatoms. The molecule has 0 unspecified atom stereocenters. The molecule has 6 nitrogen and oxygen atoms in total. The van der Waals surface area contributed by atoms with Crippen LogP contribution in [0.5, 0.6) is 0 Å². The van der Waals surface area contributed by atoms with Crippen molar-refractivity contribution in [2.24, 2.45) is 17.3 Å². The van der Waals surface area contributed by atoms with Crippen molar-refractivity contribution in [1.29, 1.82) is 0 Å². The fourth-order valence-corrected chi connectivity index (χ4v) is 3.60. The largest absolute Gasteiger partial charge is 0.462 e. The average molecular weight is 404 g/mol. The molecule has 1 fully saturated rings. The maximum atomic E-state index is 13.4. The quantitative estimate of drug-likeness (QED) is 0.617. The van der Waals surface area contributed by atoms with Crippen LogP contribution in [-0.2, 0) is 9.53 Å². The molecule has 1 heterocycles. The van der Waals surface area contributed by atoms with Gasteiger partial charge in [0, 0.05) is 24.4 Å². The Balaban J connectivity index is 2.42. The zero-order valence-electron chi connectivity index (χ0n) is 19.1. The molecule has 29 heavy (non-hydrogen) atoms. The number of carbonyl (C=O) groups is 2. The summed E-state index contributed by atoms with van der Waals surface area (Å²) in [6.07, 6.45) is 9.41. The summed E-state index contributed by atoms with van der Waals surface area (Å²) in [4.78, 5) is 27.7. The van der Waals surface area contributed by atoms with E-state index in [-0.39, 0.29) is 29.9 Å². The average Bonchev–Trinajstić information content (AvgIpc) is 3.04. The van der Waals surface area contributed by atoms with Gasteiger partial charge in [0.05, 0.1) is 6.61 Å². The first-order valence-corrected chi connectivity index (χ1v) is 10.8. The summed E-state index contributed by atoms with van der Waals surface area (Å²) in [7, 11) is 0. The second-order valence-corrected chi connectivity index (χ2v) is 9.51. The van der Waals surface area contributed by atoms with Crippen molar-refractivity contribution in [3.05, 3.63) is 17.8 Å².